The molecule has 1 saturated heterocycles. The Morgan fingerprint density at radius 3 is 2.41 bits per heavy atom. The second kappa shape index (κ2) is 4.47. The Labute approximate surface area is 100 Å². The minimum Gasteiger partial charge on any atom is -0.422 e. The molecule has 0 spiro atoms. The highest BCUT2D eigenvalue weighted by molar-refractivity contribution is 6.17. The summed E-state index contributed by atoms with van der Waals surface area (Å²) in [7, 11) is 0. The number of hydrogen-bond acceptors (Lipinski definition) is 5. The molecule has 5 heteroatoms. The second-order valence-electron chi connectivity index (χ2n) is 4.86. The number of hydrogen-bond donors (Lipinski definition) is 0. The van der Waals surface area contributed by atoms with E-state index in [0.717, 1.165) is 19.3 Å². The van der Waals surface area contributed by atoms with Crippen molar-refractivity contribution < 1.29 is 19.1 Å². The molecular weight excluding hydrogens is 222 g/mol. The third-order valence-electron chi connectivity index (χ3n) is 2.90. The third kappa shape index (κ3) is 2.65. The van der Waals surface area contributed by atoms with Gasteiger partial charge in [0.1, 0.15) is 0 Å². The van der Waals surface area contributed by atoms with Crippen LogP contribution in [0.2, 0.25) is 0 Å². The molecule has 94 valence electrons. The van der Waals surface area contributed by atoms with Crippen LogP contribution in [0.4, 0.5) is 0 Å². The van der Waals surface area contributed by atoms with Crippen molar-refractivity contribution in [2.24, 2.45) is 10.9 Å². The van der Waals surface area contributed by atoms with Crippen LogP contribution in [0.25, 0.3) is 0 Å². The van der Waals surface area contributed by atoms with Gasteiger partial charge in [-0.15, -0.1) is 0 Å². The van der Waals surface area contributed by atoms with Crippen LogP contribution in [0.5, 0.6) is 0 Å². The van der Waals surface area contributed by atoms with Gasteiger partial charge in [0.15, 0.2) is 5.92 Å². The van der Waals surface area contributed by atoms with Gasteiger partial charge < -0.3 is 9.47 Å². The maximum absolute atomic E-state index is 11.8. The Kier molecular flexibility index (Phi) is 3.17. The van der Waals surface area contributed by atoms with E-state index < -0.39 is 23.6 Å². The van der Waals surface area contributed by atoms with Gasteiger partial charge in [-0.1, -0.05) is 6.42 Å². The zero-order valence-electron chi connectivity index (χ0n) is 10.2. The fourth-order valence-corrected chi connectivity index (χ4v) is 2.12. The van der Waals surface area contributed by atoms with Crippen molar-refractivity contribution >= 4 is 17.7 Å². The molecule has 0 amide bonds. The predicted molar refractivity (Wildman–Crippen MR) is 60.5 cm³/mol. The summed E-state index contributed by atoms with van der Waals surface area (Å²) in [6.45, 7) is 3.78. The van der Waals surface area contributed by atoms with Crippen LogP contribution < -0.4 is 0 Å². The van der Waals surface area contributed by atoms with Gasteiger partial charge in [0.05, 0.1) is 0 Å². The number of aliphatic imine (C=N–C) groups is 1. The Morgan fingerprint density at radius 2 is 1.76 bits per heavy atom. The zero-order chi connectivity index (χ0) is 12.5. The quantitative estimate of drug-likeness (QED) is 0.513. The number of cyclic esters (lactones) is 2. The Balaban J connectivity index is 2.18. The molecule has 17 heavy (non-hydrogen) atoms. The molecule has 0 atom stereocenters. The Bertz CT molecular complexity index is 353. The molecule has 0 radical (unpaired) electrons. The lowest BCUT2D eigenvalue weighted by molar-refractivity contribution is -0.235. The predicted octanol–water partition coefficient (Wildman–Crippen LogP) is 1.45. The SMILES string of the molecule is CC1(C)OC(=O)C(C2=NCCCCC2)C(=O)O1. The van der Waals surface area contributed by atoms with E-state index in [4.69, 9.17) is 9.47 Å². The maximum atomic E-state index is 11.8. The fourth-order valence-electron chi connectivity index (χ4n) is 2.12. The van der Waals surface area contributed by atoms with E-state index in [0.29, 0.717) is 18.7 Å². The molecule has 1 fully saturated rings. The van der Waals surface area contributed by atoms with E-state index in [1.807, 2.05) is 0 Å². The second-order valence-corrected chi connectivity index (χ2v) is 4.86. The molecule has 5 nitrogen and oxygen atoms in total. The first-order valence-corrected chi connectivity index (χ1v) is 5.98. The summed E-state index contributed by atoms with van der Waals surface area (Å²) in [6.07, 6.45) is 3.72. The van der Waals surface area contributed by atoms with Crippen molar-refractivity contribution in [2.45, 2.75) is 45.3 Å². The largest absolute Gasteiger partial charge is 0.422 e. The molecule has 0 aromatic heterocycles. The van der Waals surface area contributed by atoms with Crippen molar-refractivity contribution in [1.29, 1.82) is 0 Å². The number of rotatable bonds is 1. The molecular formula is C12H17NO4. The van der Waals surface area contributed by atoms with Crippen LogP contribution in [0.15, 0.2) is 4.99 Å². The van der Waals surface area contributed by atoms with Crippen molar-refractivity contribution in [3.8, 4) is 0 Å². The van der Waals surface area contributed by atoms with Crippen molar-refractivity contribution in [1.82, 2.24) is 0 Å². The zero-order valence-corrected chi connectivity index (χ0v) is 10.2. The van der Waals surface area contributed by atoms with Crippen molar-refractivity contribution in [3.05, 3.63) is 0 Å². The highest BCUT2D eigenvalue weighted by Gasteiger charge is 2.45. The van der Waals surface area contributed by atoms with Crippen molar-refractivity contribution in [2.75, 3.05) is 6.54 Å². The smallest absolute Gasteiger partial charge is 0.329 e. The van der Waals surface area contributed by atoms with E-state index in [2.05, 4.69) is 4.99 Å². The van der Waals surface area contributed by atoms with Crippen LogP contribution >= 0.6 is 0 Å². The molecule has 2 heterocycles. The minimum absolute atomic E-state index is 0.535. The van der Waals surface area contributed by atoms with Gasteiger partial charge in [-0.3, -0.25) is 14.6 Å². The average molecular weight is 239 g/mol. The van der Waals surface area contributed by atoms with Gasteiger partial charge in [-0.05, 0) is 19.3 Å². The summed E-state index contributed by atoms with van der Waals surface area (Å²) in [5, 5.41) is 0. The summed E-state index contributed by atoms with van der Waals surface area (Å²) in [5.41, 5.74) is 0.619. The standard InChI is InChI=1S/C12H17NO4/c1-12(2)16-10(14)9(11(15)17-12)8-6-4-3-5-7-13-8/h9H,3-7H2,1-2H3. The first-order valence-electron chi connectivity index (χ1n) is 5.98. The normalized spacial score (nSPS) is 25.6. The fraction of sp³-hybridized carbons (Fsp3) is 0.750. The van der Waals surface area contributed by atoms with E-state index in [1.54, 1.807) is 13.8 Å². The van der Waals surface area contributed by atoms with Gasteiger partial charge in [-0.25, -0.2) is 0 Å². The number of carbonyl (C=O) groups excluding carboxylic acids is 2. The van der Waals surface area contributed by atoms with Gasteiger partial charge in [-0.2, -0.15) is 0 Å². The molecule has 0 bridgehead atoms. The van der Waals surface area contributed by atoms with Crippen LogP contribution in [0.1, 0.15) is 39.5 Å². The summed E-state index contributed by atoms with van der Waals surface area (Å²) in [4.78, 5) is 28.0. The molecule has 0 aromatic rings. The van der Waals surface area contributed by atoms with E-state index in [1.165, 1.54) is 0 Å². The summed E-state index contributed by atoms with van der Waals surface area (Å²) >= 11 is 0. The lowest BCUT2D eigenvalue weighted by atomic mass is 9.98. The lowest BCUT2D eigenvalue weighted by Gasteiger charge is -2.33. The first-order chi connectivity index (χ1) is 7.99. The highest BCUT2D eigenvalue weighted by Crippen LogP contribution is 2.26. The van der Waals surface area contributed by atoms with Crippen LogP contribution in [-0.4, -0.2) is 30.0 Å². The van der Waals surface area contributed by atoms with Crippen LogP contribution in [0, 0.1) is 5.92 Å². The minimum atomic E-state index is -1.16. The lowest BCUT2D eigenvalue weighted by Crippen LogP contribution is -2.49. The Morgan fingerprint density at radius 1 is 1.12 bits per heavy atom. The molecule has 0 N–H and O–H groups in total. The van der Waals surface area contributed by atoms with E-state index in [9.17, 15) is 9.59 Å². The monoisotopic (exact) mass is 239 g/mol. The summed E-state index contributed by atoms with van der Waals surface area (Å²) < 4.78 is 10.2. The van der Waals surface area contributed by atoms with Gasteiger partial charge in [0.2, 0.25) is 0 Å². The topological polar surface area (TPSA) is 65.0 Å². The molecule has 0 saturated carbocycles. The van der Waals surface area contributed by atoms with Gasteiger partial charge >= 0.3 is 11.9 Å². The first kappa shape index (κ1) is 12.1. The van der Waals surface area contributed by atoms with Crippen LogP contribution in [-0.2, 0) is 19.1 Å². The number of ether oxygens (including phenoxy) is 2. The molecule has 0 unspecified atom stereocenters. The molecule has 2 aliphatic rings. The third-order valence-corrected chi connectivity index (χ3v) is 2.90. The number of esters is 2. The molecule has 0 aliphatic carbocycles. The molecule has 2 aliphatic heterocycles. The van der Waals surface area contributed by atoms with E-state index >= 15 is 0 Å². The van der Waals surface area contributed by atoms with E-state index in [-0.39, 0.29) is 0 Å². The Hall–Kier alpha value is -1.39. The number of nitrogens with zero attached hydrogens (tertiary/aromatic N) is 1. The van der Waals surface area contributed by atoms with Gasteiger partial charge in [0.25, 0.3) is 5.79 Å². The number of carbonyl (C=O) groups is 2. The maximum Gasteiger partial charge on any atom is 0.329 e. The van der Waals surface area contributed by atoms with Crippen molar-refractivity contribution in [3.63, 3.8) is 0 Å². The van der Waals surface area contributed by atoms with Crippen LogP contribution in [0.3, 0.4) is 0 Å². The average Bonchev–Trinajstić information content (AvgIpc) is 2.43. The van der Waals surface area contributed by atoms with Gasteiger partial charge in [0, 0.05) is 26.1 Å². The highest BCUT2D eigenvalue weighted by atomic mass is 16.7. The summed E-state index contributed by atoms with van der Waals surface area (Å²) in [5.74, 6) is -3.17. The summed E-state index contributed by atoms with van der Waals surface area (Å²) in [6, 6.07) is 0. The molecule has 0 aromatic carbocycles. The molecule has 2 rings (SSSR count).